The van der Waals surface area contributed by atoms with Crippen LogP contribution >= 0.6 is 23.4 Å². The van der Waals surface area contributed by atoms with E-state index < -0.39 is 0 Å². The maximum absolute atomic E-state index is 10.8. The third-order valence-electron chi connectivity index (χ3n) is 4.30. The molecule has 1 unspecified atom stereocenters. The molecular weight excluding hydrogens is 340 g/mol. The normalized spacial score (nSPS) is 16.3. The van der Waals surface area contributed by atoms with Gasteiger partial charge in [0.15, 0.2) is 0 Å². The minimum Gasteiger partial charge on any atom is -0.507 e. The Morgan fingerprint density at radius 1 is 0.917 bits per heavy atom. The highest BCUT2D eigenvalue weighted by atomic mass is 35.5. The van der Waals surface area contributed by atoms with E-state index in [0.29, 0.717) is 22.2 Å². The summed E-state index contributed by atoms with van der Waals surface area (Å²) in [5.41, 5.74) is 1.61. The molecule has 24 heavy (non-hydrogen) atoms. The van der Waals surface area contributed by atoms with Gasteiger partial charge >= 0.3 is 0 Å². The number of halogens is 1. The molecule has 0 spiro atoms. The van der Waals surface area contributed by atoms with Gasteiger partial charge in [0.2, 0.25) is 0 Å². The molecular formula is C20H15ClO2S. The lowest BCUT2D eigenvalue weighted by molar-refractivity contribution is 0.459. The van der Waals surface area contributed by atoms with E-state index in [0.717, 1.165) is 16.0 Å². The van der Waals surface area contributed by atoms with Crippen LogP contribution in [0, 0.1) is 0 Å². The standard InChI is InChI=1S/C20H15ClO2S/c21-12-8-10-13(11-9-12)24-17-7-3-6-16-18(17)20(23)15-5-2-1-4-14(15)19(16)22/h1-5,7-11,17,22-23H,6H2. The highest BCUT2D eigenvalue weighted by molar-refractivity contribution is 7.99. The molecule has 3 aromatic carbocycles. The number of hydrogen-bond acceptors (Lipinski definition) is 3. The molecule has 0 radical (unpaired) electrons. The van der Waals surface area contributed by atoms with Gasteiger partial charge in [-0.2, -0.15) is 0 Å². The zero-order valence-electron chi connectivity index (χ0n) is 12.7. The molecule has 1 atom stereocenters. The van der Waals surface area contributed by atoms with Crippen LogP contribution in [-0.2, 0) is 6.42 Å². The molecule has 1 aliphatic rings. The second kappa shape index (κ2) is 6.08. The Bertz CT molecular complexity index is 948. The number of allylic oxidation sites excluding steroid dienone is 1. The van der Waals surface area contributed by atoms with Crippen molar-refractivity contribution in [2.45, 2.75) is 16.6 Å². The van der Waals surface area contributed by atoms with Crippen LogP contribution in [0.3, 0.4) is 0 Å². The molecule has 0 aliphatic heterocycles. The summed E-state index contributed by atoms with van der Waals surface area (Å²) >= 11 is 7.58. The molecule has 2 nitrogen and oxygen atoms in total. The summed E-state index contributed by atoms with van der Waals surface area (Å²) in [6.45, 7) is 0. The number of phenolic OH excluding ortho intramolecular Hbond substituents is 2. The quantitative estimate of drug-likeness (QED) is 0.448. The fraction of sp³-hybridized carbons (Fsp3) is 0.100. The molecule has 0 aromatic heterocycles. The highest BCUT2D eigenvalue weighted by Crippen LogP contribution is 2.50. The van der Waals surface area contributed by atoms with E-state index in [1.807, 2.05) is 54.6 Å². The van der Waals surface area contributed by atoms with E-state index in [2.05, 4.69) is 6.08 Å². The summed E-state index contributed by atoms with van der Waals surface area (Å²) in [6.07, 6.45) is 4.75. The average Bonchev–Trinajstić information content (AvgIpc) is 2.61. The highest BCUT2D eigenvalue weighted by Gasteiger charge is 2.26. The van der Waals surface area contributed by atoms with Gasteiger partial charge in [-0.3, -0.25) is 0 Å². The zero-order valence-corrected chi connectivity index (χ0v) is 14.3. The van der Waals surface area contributed by atoms with Crippen molar-refractivity contribution in [3.63, 3.8) is 0 Å². The smallest absolute Gasteiger partial charge is 0.128 e. The van der Waals surface area contributed by atoms with Gasteiger partial charge in [-0.15, -0.1) is 11.8 Å². The van der Waals surface area contributed by atoms with Gasteiger partial charge in [-0.1, -0.05) is 48.0 Å². The Morgan fingerprint density at radius 2 is 1.58 bits per heavy atom. The fourth-order valence-corrected chi connectivity index (χ4v) is 4.42. The van der Waals surface area contributed by atoms with Gasteiger partial charge in [-0.05, 0) is 30.7 Å². The lowest BCUT2D eigenvalue weighted by atomic mass is 9.90. The number of fused-ring (bicyclic) bond motifs is 2. The van der Waals surface area contributed by atoms with E-state index in [-0.39, 0.29) is 16.7 Å². The number of thioether (sulfide) groups is 1. The summed E-state index contributed by atoms with van der Waals surface area (Å²) < 4.78 is 0. The predicted octanol–water partition coefficient (Wildman–Crippen LogP) is 5.85. The van der Waals surface area contributed by atoms with E-state index in [1.54, 1.807) is 11.8 Å². The topological polar surface area (TPSA) is 40.5 Å². The minimum absolute atomic E-state index is 0.0505. The Kier molecular flexibility index (Phi) is 3.91. The molecule has 0 saturated heterocycles. The third kappa shape index (κ3) is 2.54. The lowest BCUT2D eigenvalue weighted by Crippen LogP contribution is -2.04. The van der Waals surface area contributed by atoms with Crippen LogP contribution in [0.1, 0.15) is 16.4 Å². The van der Waals surface area contributed by atoms with Crippen LogP contribution < -0.4 is 0 Å². The van der Waals surface area contributed by atoms with Gasteiger partial charge in [0.05, 0.1) is 5.25 Å². The van der Waals surface area contributed by atoms with Gasteiger partial charge in [0.25, 0.3) is 0 Å². The molecule has 3 aromatic rings. The lowest BCUT2D eigenvalue weighted by Gasteiger charge is -2.24. The molecule has 1 aliphatic carbocycles. The van der Waals surface area contributed by atoms with Crippen LogP contribution in [0.2, 0.25) is 5.02 Å². The first-order valence-electron chi connectivity index (χ1n) is 7.69. The summed E-state index contributed by atoms with van der Waals surface area (Å²) in [5, 5.41) is 23.5. The Morgan fingerprint density at radius 3 is 2.29 bits per heavy atom. The van der Waals surface area contributed by atoms with Gasteiger partial charge in [0.1, 0.15) is 11.5 Å². The summed E-state index contributed by atoms with van der Waals surface area (Å²) in [6, 6.07) is 15.1. The van der Waals surface area contributed by atoms with Crippen LogP contribution in [0.5, 0.6) is 11.5 Å². The molecule has 4 rings (SSSR count). The molecule has 0 bridgehead atoms. The van der Waals surface area contributed by atoms with Crippen LogP contribution in [-0.4, -0.2) is 10.2 Å². The monoisotopic (exact) mass is 354 g/mol. The first-order valence-corrected chi connectivity index (χ1v) is 8.95. The van der Waals surface area contributed by atoms with Crippen molar-refractivity contribution in [3.05, 3.63) is 76.8 Å². The minimum atomic E-state index is -0.0505. The molecule has 2 N–H and O–H groups in total. The molecule has 4 heteroatoms. The number of rotatable bonds is 2. The van der Waals surface area contributed by atoms with Gasteiger partial charge < -0.3 is 10.2 Å². The first-order chi connectivity index (χ1) is 11.6. The van der Waals surface area contributed by atoms with Crippen molar-refractivity contribution < 1.29 is 10.2 Å². The second-order valence-corrected chi connectivity index (χ2v) is 7.41. The van der Waals surface area contributed by atoms with E-state index in [1.165, 1.54) is 0 Å². The van der Waals surface area contributed by atoms with E-state index >= 15 is 0 Å². The second-order valence-electron chi connectivity index (χ2n) is 5.76. The van der Waals surface area contributed by atoms with Crippen molar-refractivity contribution >= 4 is 34.1 Å². The van der Waals surface area contributed by atoms with E-state index in [4.69, 9.17) is 11.6 Å². The summed E-state index contributed by atoms with van der Waals surface area (Å²) in [4.78, 5) is 1.06. The summed E-state index contributed by atoms with van der Waals surface area (Å²) in [5.74, 6) is 0.527. The van der Waals surface area contributed by atoms with Crippen molar-refractivity contribution in [1.29, 1.82) is 0 Å². The van der Waals surface area contributed by atoms with Crippen molar-refractivity contribution in [3.8, 4) is 11.5 Å². The van der Waals surface area contributed by atoms with Crippen LogP contribution in [0.15, 0.2) is 65.6 Å². The number of benzene rings is 3. The Balaban J connectivity index is 1.84. The van der Waals surface area contributed by atoms with Crippen molar-refractivity contribution in [2.24, 2.45) is 0 Å². The van der Waals surface area contributed by atoms with Crippen LogP contribution in [0.4, 0.5) is 0 Å². The maximum Gasteiger partial charge on any atom is 0.128 e. The fourth-order valence-electron chi connectivity index (χ4n) is 3.15. The average molecular weight is 355 g/mol. The predicted molar refractivity (Wildman–Crippen MR) is 100 cm³/mol. The molecule has 0 fully saturated rings. The zero-order chi connectivity index (χ0) is 16.7. The number of phenols is 2. The number of hydrogen-bond donors (Lipinski definition) is 2. The molecule has 0 amide bonds. The first kappa shape index (κ1) is 15.4. The van der Waals surface area contributed by atoms with Gasteiger partial charge in [0, 0.05) is 31.8 Å². The van der Waals surface area contributed by atoms with Crippen molar-refractivity contribution in [1.82, 2.24) is 0 Å². The maximum atomic E-state index is 10.8. The van der Waals surface area contributed by atoms with Crippen molar-refractivity contribution in [2.75, 3.05) is 0 Å². The van der Waals surface area contributed by atoms with Gasteiger partial charge in [-0.25, -0.2) is 0 Å². The Hall–Kier alpha value is -2.10. The SMILES string of the molecule is Oc1c2c(c(O)c3ccccc13)C(Sc1ccc(Cl)cc1)C=CC2. The Labute approximate surface area is 149 Å². The number of aromatic hydroxyl groups is 2. The van der Waals surface area contributed by atoms with Crippen LogP contribution in [0.25, 0.3) is 10.8 Å². The van der Waals surface area contributed by atoms with E-state index in [9.17, 15) is 10.2 Å². The summed E-state index contributed by atoms with van der Waals surface area (Å²) in [7, 11) is 0. The molecule has 0 heterocycles. The third-order valence-corrected chi connectivity index (χ3v) is 5.74. The molecule has 120 valence electrons. The molecule has 0 saturated carbocycles. The largest absolute Gasteiger partial charge is 0.507 e.